The summed E-state index contributed by atoms with van der Waals surface area (Å²) >= 11 is 0. The molecule has 114 valence electrons. The van der Waals surface area contributed by atoms with Crippen molar-refractivity contribution < 1.29 is 4.79 Å². The van der Waals surface area contributed by atoms with Gasteiger partial charge >= 0.3 is 0 Å². The van der Waals surface area contributed by atoms with E-state index in [4.69, 9.17) is 0 Å². The molecule has 1 amide bonds. The van der Waals surface area contributed by atoms with E-state index in [9.17, 15) is 4.79 Å². The molecule has 0 saturated heterocycles. The minimum Gasteiger partial charge on any atom is -0.351 e. The number of carbonyl (C=O) groups excluding carboxylic acids is 1. The summed E-state index contributed by atoms with van der Waals surface area (Å²) in [5, 5.41) is 7.30. The number of pyridine rings is 1. The molecule has 3 heterocycles. The van der Waals surface area contributed by atoms with Crippen molar-refractivity contribution in [3.05, 3.63) is 53.7 Å². The van der Waals surface area contributed by atoms with Gasteiger partial charge in [-0.2, -0.15) is 5.10 Å². The quantitative estimate of drug-likeness (QED) is 0.732. The number of hydrogen-bond donors (Lipinski definition) is 1. The molecule has 0 aromatic carbocycles. The third-order valence-corrected chi connectivity index (χ3v) is 3.53. The monoisotopic (exact) mass is 297 g/mol. The van der Waals surface area contributed by atoms with E-state index in [0.29, 0.717) is 12.2 Å². The van der Waals surface area contributed by atoms with Gasteiger partial charge in [-0.1, -0.05) is 6.07 Å². The third-order valence-electron chi connectivity index (χ3n) is 3.53. The van der Waals surface area contributed by atoms with Crippen LogP contribution in [0.5, 0.6) is 0 Å². The first-order valence-corrected chi connectivity index (χ1v) is 7.36. The van der Waals surface area contributed by atoms with Crippen molar-refractivity contribution in [1.82, 2.24) is 24.5 Å². The van der Waals surface area contributed by atoms with Crippen molar-refractivity contribution in [2.24, 2.45) is 0 Å². The number of nitrogens with one attached hydrogen (secondary N) is 1. The molecule has 0 aliphatic carbocycles. The number of hydrogen-bond acceptors (Lipinski definition) is 3. The van der Waals surface area contributed by atoms with Gasteiger partial charge in [0.1, 0.15) is 11.3 Å². The Bertz CT molecular complexity index is 769. The van der Waals surface area contributed by atoms with Crippen LogP contribution in [0.25, 0.3) is 5.65 Å². The van der Waals surface area contributed by atoms with Gasteiger partial charge in [-0.3, -0.25) is 9.48 Å². The fourth-order valence-electron chi connectivity index (χ4n) is 2.47. The van der Waals surface area contributed by atoms with Crippen LogP contribution in [0.4, 0.5) is 0 Å². The Morgan fingerprint density at radius 3 is 2.91 bits per heavy atom. The second kappa shape index (κ2) is 6.01. The number of fused-ring (bicyclic) bond motifs is 1. The molecular weight excluding hydrogens is 278 g/mol. The van der Waals surface area contributed by atoms with Crippen molar-refractivity contribution in [3.63, 3.8) is 0 Å². The first-order chi connectivity index (χ1) is 10.6. The van der Waals surface area contributed by atoms with Crippen molar-refractivity contribution >= 4 is 11.6 Å². The zero-order valence-electron chi connectivity index (χ0n) is 12.8. The van der Waals surface area contributed by atoms with Crippen LogP contribution in [-0.2, 0) is 6.54 Å². The number of nitrogens with zero attached hydrogens (tertiary/aromatic N) is 4. The molecule has 1 N–H and O–H groups in total. The summed E-state index contributed by atoms with van der Waals surface area (Å²) in [6.07, 6.45) is 4.45. The molecule has 0 aliphatic rings. The SMILES string of the molecule is Cc1cc(C)n(CCCNC(=O)c2cn3ccccc3n2)n1. The zero-order valence-corrected chi connectivity index (χ0v) is 12.8. The Labute approximate surface area is 128 Å². The number of amides is 1. The standard InChI is InChI=1S/C16H19N5O/c1-12-10-13(2)21(19-12)9-5-7-17-16(22)14-11-20-8-4-3-6-15(20)18-14/h3-4,6,8,10-11H,5,7,9H2,1-2H3,(H,17,22). The molecular formula is C16H19N5O. The lowest BCUT2D eigenvalue weighted by atomic mass is 10.3. The summed E-state index contributed by atoms with van der Waals surface area (Å²) in [4.78, 5) is 16.4. The predicted molar refractivity (Wildman–Crippen MR) is 83.8 cm³/mol. The molecule has 6 nitrogen and oxygen atoms in total. The van der Waals surface area contributed by atoms with Crippen molar-refractivity contribution in [2.45, 2.75) is 26.8 Å². The van der Waals surface area contributed by atoms with Crippen LogP contribution >= 0.6 is 0 Å². The molecule has 6 heteroatoms. The average molecular weight is 297 g/mol. The number of rotatable bonds is 5. The second-order valence-corrected chi connectivity index (χ2v) is 5.35. The van der Waals surface area contributed by atoms with E-state index in [1.165, 1.54) is 0 Å². The Hall–Kier alpha value is -2.63. The van der Waals surface area contributed by atoms with Crippen LogP contribution in [0.3, 0.4) is 0 Å². The maximum absolute atomic E-state index is 12.1. The highest BCUT2D eigenvalue weighted by Gasteiger charge is 2.09. The molecule has 3 rings (SSSR count). The lowest BCUT2D eigenvalue weighted by molar-refractivity contribution is 0.0948. The van der Waals surface area contributed by atoms with Crippen LogP contribution in [-0.4, -0.2) is 31.6 Å². The minimum atomic E-state index is -0.142. The van der Waals surface area contributed by atoms with E-state index >= 15 is 0 Å². The molecule has 0 radical (unpaired) electrons. The molecule has 0 saturated carbocycles. The zero-order chi connectivity index (χ0) is 15.5. The Balaban J connectivity index is 1.53. The molecule has 0 spiro atoms. The van der Waals surface area contributed by atoms with Gasteiger partial charge < -0.3 is 9.72 Å². The normalized spacial score (nSPS) is 11.0. The summed E-state index contributed by atoms with van der Waals surface area (Å²) in [7, 11) is 0. The van der Waals surface area contributed by atoms with Gasteiger partial charge in [0.15, 0.2) is 0 Å². The van der Waals surface area contributed by atoms with Crippen LogP contribution < -0.4 is 5.32 Å². The van der Waals surface area contributed by atoms with Crippen LogP contribution in [0.2, 0.25) is 0 Å². The maximum atomic E-state index is 12.1. The Morgan fingerprint density at radius 2 is 2.18 bits per heavy atom. The van der Waals surface area contributed by atoms with Crippen molar-refractivity contribution in [1.29, 1.82) is 0 Å². The largest absolute Gasteiger partial charge is 0.351 e. The molecule has 0 unspecified atom stereocenters. The first kappa shape index (κ1) is 14.3. The van der Waals surface area contributed by atoms with Crippen LogP contribution in [0.1, 0.15) is 28.3 Å². The fourth-order valence-corrected chi connectivity index (χ4v) is 2.47. The molecule has 0 atom stereocenters. The molecule has 3 aromatic heterocycles. The van der Waals surface area contributed by atoms with Gasteiger partial charge in [0.05, 0.1) is 5.69 Å². The molecule has 0 bridgehead atoms. The van der Waals surface area contributed by atoms with E-state index in [1.54, 1.807) is 6.20 Å². The summed E-state index contributed by atoms with van der Waals surface area (Å²) in [5.41, 5.74) is 3.38. The second-order valence-electron chi connectivity index (χ2n) is 5.35. The number of aryl methyl sites for hydroxylation is 3. The van der Waals surface area contributed by atoms with Gasteiger partial charge in [0.25, 0.3) is 5.91 Å². The van der Waals surface area contributed by atoms with E-state index in [1.807, 2.05) is 47.3 Å². The summed E-state index contributed by atoms with van der Waals surface area (Å²) in [6.45, 7) is 5.42. The average Bonchev–Trinajstić information content (AvgIpc) is 3.06. The van der Waals surface area contributed by atoms with E-state index < -0.39 is 0 Å². The van der Waals surface area contributed by atoms with Crippen molar-refractivity contribution in [3.8, 4) is 0 Å². The smallest absolute Gasteiger partial charge is 0.271 e. The third kappa shape index (κ3) is 3.00. The first-order valence-electron chi connectivity index (χ1n) is 7.36. The van der Waals surface area contributed by atoms with Gasteiger partial charge in [-0.15, -0.1) is 0 Å². The predicted octanol–water partition coefficient (Wildman–Crippen LogP) is 1.97. The number of carbonyl (C=O) groups is 1. The highest BCUT2D eigenvalue weighted by molar-refractivity contribution is 5.92. The molecule has 3 aromatic rings. The summed E-state index contributed by atoms with van der Waals surface area (Å²) in [6, 6.07) is 7.73. The molecule has 0 fully saturated rings. The molecule has 0 aliphatic heterocycles. The number of imidazole rings is 1. The topological polar surface area (TPSA) is 64.2 Å². The summed E-state index contributed by atoms with van der Waals surface area (Å²) < 4.78 is 3.80. The van der Waals surface area contributed by atoms with Gasteiger partial charge in [-0.05, 0) is 38.5 Å². The van der Waals surface area contributed by atoms with E-state index in [-0.39, 0.29) is 5.91 Å². The van der Waals surface area contributed by atoms with Gasteiger partial charge in [0, 0.05) is 31.2 Å². The lowest BCUT2D eigenvalue weighted by Gasteiger charge is -2.05. The Kier molecular flexibility index (Phi) is 3.91. The van der Waals surface area contributed by atoms with Gasteiger partial charge in [0.2, 0.25) is 0 Å². The van der Waals surface area contributed by atoms with Gasteiger partial charge in [-0.25, -0.2) is 4.98 Å². The van der Waals surface area contributed by atoms with E-state index in [0.717, 1.165) is 30.0 Å². The summed E-state index contributed by atoms with van der Waals surface area (Å²) in [5.74, 6) is -0.142. The maximum Gasteiger partial charge on any atom is 0.271 e. The lowest BCUT2D eigenvalue weighted by Crippen LogP contribution is -2.25. The highest BCUT2D eigenvalue weighted by Crippen LogP contribution is 2.05. The highest BCUT2D eigenvalue weighted by atomic mass is 16.1. The fraction of sp³-hybridized carbons (Fsp3) is 0.312. The minimum absolute atomic E-state index is 0.142. The van der Waals surface area contributed by atoms with Crippen LogP contribution in [0.15, 0.2) is 36.7 Å². The van der Waals surface area contributed by atoms with Crippen molar-refractivity contribution in [2.75, 3.05) is 6.54 Å². The van der Waals surface area contributed by atoms with Crippen LogP contribution in [0, 0.1) is 13.8 Å². The molecule has 22 heavy (non-hydrogen) atoms. The van der Waals surface area contributed by atoms with E-state index in [2.05, 4.69) is 21.5 Å². The number of aromatic nitrogens is 4. The Morgan fingerprint density at radius 1 is 1.32 bits per heavy atom.